The molecule has 0 amide bonds. The van der Waals surface area contributed by atoms with E-state index in [4.69, 9.17) is 9.47 Å². The minimum absolute atomic E-state index is 0.315. The summed E-state index contributed by atoms with van der Waals surface area (Å²) >= 11 is 5.31. The first-order valence-corrected chi connectivity index (χ1v) is 12.1. The lowest BCUT2D eigenvalue weighted by molar-refractivity contribution is 0.0527. The lowest BCUT2D eigenvalue weighted by atomic mass is 10.1. The summed E-state index contributed by atoms with van der Waals surface area (Å²) in [5, 5.41) is 0.812. The molecule has 4 rings (SSSR count). The molecular formula is C26H24BrNO3S. The third kappa shape index (κ3) is 4.43. The Hall–Kier alpha value is -2.70. The fourth-order valence-corrected chi connectivity index (χ4v) is 5.12. The van der Waals surface area contributed by atoms with E-state index in [0.29, 0.717) is 23.7 Å². The number of ether oxygens (including phenoxy) is 2. The largest absolute Gasteiger partial charge is 0.496 e. The number of para-hydroxylation sites is 1. The summed E-state index contributed by atoms with van der Waals surface area (Å²) in [4.78, 5) is 14.3. The maximum atomic E-state index is 13.2. The van der Waals surface area contributed by atoms with Crippen LogP contribution in [0.5, 0.6) is 5.75 Å². The number of fused-ring (bicyclic) bond motifs is 1. The van der Waals surface area contributed by atoms with Crippen LogP contribution in [0, 0.1) is 6.92 Å². The highest BCUT2D eigenvalue weighted by Crippen LogP contribution is 2.39. The number of aryl methyl sites for hydroxylation is 1. The summed E-state index contributed by atoms with van der Waals surface area (Å²) < 4.78 is 14.0. The molecule has 164 valence electrons. The second-order valence-electron chi connectivity index (χ2n) is 7.32. The molecule has 0 N–H and O–H groups in total. The van der Waals surface area contributed by atoms with E-state index < -0.39 is 0 Å². The number of esters is 1. The first-order chi connectivity index (χ1) is 15.5. The van der Waals surface area contributed by atoms with E-state index in [-0.39, 0.29) is 5.97 Å². The quantitative estimate of drug-likeness (QED) is 0.195. The Labute approximate surface area is 200 Å². The molecule has 6 heteroatoms. The maximum Gasteiger partial charge on any atom is 0.340 e. The zero-order valence-electron chi connectivity index (χ0n) is 18.2. The summed E-state index contributed by atoms with van der Waals surface area (Å²) in [6.45, 7) is 4.22. The van der Waals surface area contributed by atoms with Crippen LogP contribution in [0.2, 0.25) is 0 Å². The highest BCUT2D eigenvalue weighted by atomic mass is 79.9. The summed E-state index contributed by atoms with van der Waals surface area (Å²) in [6, 6.07) is 22.4. The van der Waals surface area contributed by atoms with Crippen molar-refractivity contribution in [1.29, 1.82) is 0 Å². The van der Waals surface area contributed by atoms with E-state index in [2.05, 4.69) is 51.7 Å². The number of carbonyl (C=O) groups is 1. The van der Waals surface area contributed by atoms with Crippen LogP contribution in [-0.2, 0) is 10.5 Å². The molecule has 0 atom stereocenters. The number of hydrogen-bond acceptors (Lipinski definition) is 4. The van der Waals surface area contributed by atoms with E-state index in [0.717, 1.165) is 31.7 Å². The average Bonchev–Trinajstić information content (AvgIpc) is 3.11. The van der Waals surface area contributed by atoms with Gasteiger partial charge in [0.05, 0.1) is 29.3 Å². The molecule has 4 nitrogen and oxygen atoms in total. The average molecular weight is 510 g/mol. The number of nitrogens with zero attached hydrogens (tertiary/aromatic N) is 1. The van der Waals surface area contributed by atoms with Crippen molar-refractivity contribution in [2.24, 2.45) is 0 Å². The minimum Gasteiger partial charge on any atom is -0.496 e. The van der Waals surface area contributed by atoms with E-state index >= 15 is 0 Å². The molecule has 3 aromatic carbocycles. The van der Waals surface area contributed by atoms with Gasteiger partial charge >= 0.3 is 5.97 Å². The molecule has 32 heavy (non-hydrogen) atoms. The third-order valence-electron chi connectivity index (χ3n) is 5.23. The zero-order chi connectivity index (χ0) is 22.7. The normalized spacial score (nSPS) is 11.0. The second-order valence-corrected chi connectivity index (χ2v) is 9.22. The Balaban J connectivity index is 1.95. The van der Waals surface area contributed by atoms with Gasteiger partial charge in [-0.1, -0.05) is 35.9 Å². The highest BCUT2D eigenvalue weighted by molar-refractivity contribution is 9.10. The van der Waals surface area contributed by atoms with Crippen molar-refractivity contribution in [3.05, 3.63) is 88.0 Å². The molecule has 0 bridgehead atoms. The van der Waals surface area contributed by atoms with E-state index in [1.807, 2.05) is 49.4 Å². The van der Waals surface area contributed by atoms with Gasteiger partial charge in [-0.3, -0.25) is 0 Å². The lowest BCUT2D eigenvalue weighted by Crippen LogP contribution is -2.09. The van der Waals surface area contributed by atoms with Crippen molar-refractivity contribution < 1.29 is 14.3 Å². The van der Waals surface area contributed by atoms with Crippen LogP contribution in [0.1, 0.15) is 28.5 Å². The third-order valence-corrected chi connectivity index (χ3v) is 6.87. The van der Waals surface area contributed by atoms with Crippen molar-refractivity contribution in [3.63, 3.8) is 0 Å². The van der Waals surface area contributed by atoms with Crippen LogP contribution in [0.3, 0.4) is 0 Å². The summed E-state index contributed by atoms with van der Waals surface area (Å²) in [5.41, 5.74) is 4.61. The van der Waals surface area contributed by atoms with Crippen LogP contribution in [0.15, 0.2) is 76.1 Å². The summed E-state index contributed by atoms with van der Waals surface area (Å²) in [7, 11) is 1.62. The first kappa shape index (κ1) is 22.5. The summed E-state index contributed by atoms with van der Waals surface area (Å²) in [6.07, 6.45) is 0. The van der Waals surface area contributed by atoms with Crippen LogP contribution in [0.4, 0.5) is 0 Å². The number of halogens is 1. The number of thioether (sulfide) groups is 1. The number of aromatic nitrogens is 1. The highest BCUT2D eigenvalue weighted by Gasteiger charge is 2.26. The molecule has 0 radical (unpaired) electrons. The Morgan fingerprint density at radius 1 is 1.06 bits per heavy atom. The fraction of sp³-hybridized carbons (Fsp3) is 0.192. The molecule has 0 unspecified atom stereocenters. The van der Waals surface area contributed by atoms with Crippen molar-refractivity contribution in [1.82, 2.24) is 4.57 Å². The monoisotopic (exact) mass is 509 g/mol. The van der Waals surface area contributed by atoms with Crippen LogP contribution in [0.25, 0.3) is 16.6 Å². The molecule has 0 fully saturated rings. The molecule has 0 saturated carbocycles. The van der Waals surface area contributed by atoms with Crippen LogP contribution >= 0.6 is 27.7 Å². The van der Waals surface area contributed by atoms with Gasteiger partial charge in [-0.05, 0) is 66.2 Å². The van der Waals surface area contributed by atoms with Gasteiger partial charge in [-0.15, -0.1) is 11.8 Å². The Bertz CT molecular complexity index is 1250. The maximum absolute atomic E-state index is 13.2. The number of carbonyl (C=O) groups excluding carboxylic acids is 1. The predicted molar refractivity (Wildman–Crippen MR) is 134 cm³/mol. The number of benzene rings is 3. The standard InChI is InChI=1S/C26H24BrNO3S/c1-4-31-26(29)25-20-14-24(30-3)21(27)15-22(20)28(18-8-6-5-7-9-18)23(25)16-32-19-12-10-17(2)11-13-19/h5-15H,4,16H2,1-3H3. The van der Waals surface area contributed by atoms with Crippen LogP contribution < -0.4 is 4.74 Å². The molecule has 1 aromatic heterocycles. The van der Waals surface area contributed by atoms with Crippen LogP contribution in [-0.4, -0.2) is 24.3 Å². The Morgan fingerprint density at radius 3 is 2.44 bits per heavy atom. The molecule has 4 aromatic rings. The number of hydrogen-bond donors (Lipinski definition) is 0. The Kier molecular flexibility index (Phi) is 6.92. The van der Waals surface area contributed by atoms with Gasteiger partial charge in [0.2, 0.25) is 0 Å². The number of methoxy groups -OCH3 is 1. The molecule has 1 heterocycles. The molecule has 0 spiro atoms. The first-order valence-electron chi connectivity index (χ1n) is 10.4. The van der Waals surface area contributed by atoms with Gasteiger partial charge in [0.25, 0.3) is 0 Å². The van der Waals surface area contributed by atoms with Crippen molar-refractivity contribution in [3.8, 4) is 11.4 Å². The molecule has 0 aliphatic heterocycles. The van der Waals surface area contributed by atoms with Gasteiger partial charge in [0.15, 0.2) is 0 Å². The van der Waals surface area contributed by atoms with E-state index in [1.165, 1.54) is 5.56 Å². The van der Waals surface area contributed by atoms with E-state index in [1.54, 1.807) is 18.9 Å². The minimum atomic E-state index is -0.323. The van der Waals surface area contributed by atoms with Gasteiger partial charge in [0, 0.05) is 27.4 Å². The smallest absolute Gasteiger partial charge is 0.340 e. The lowest BCUT2D eigenvalue weighted by Gasteiger charge is -2.13. The van der Waals surface area contributed by atoms with Gasteiger partial charge < -0.3 is 14.0 Å². The molecule has 0 saturated heterocycles. The second kappa shape index (κ2) is 9.84. The molecular weight excluding hydrogens is 486 g/mol. The molecule has 0 aliphatic rings. The van der Waals surface area contributed by atoms with Crippen molar-refractivity contribution >= 4 is 44.6 Å². The molecule has 0 aliphatic carbocycles. The topological polar surface area (TPSA) is 40.5 Å². The zero-order valence-corrected chi connectivity index (χ0v) is 20.6. The van der Waals surface area contributed by atoms with Crippen molar-refractivity contribution in [2.45, 2.75) is 24.5 Å². The van der Waals surface area contributed by atoms with Crippen molar-refractivity contribution in [2.75, 3.05) is 13.7 Å². The Morgan fingerprint density at radius 2 is 1.78 bits per heavy atom. The predicted octanol–water partition coefficient (Wildman–Crippen LogP) is 7.18. The SMILES string of the molecule is CCOC(=O)c1c(CSc2ccc(C)cc2)n(-c2ccccc2)c2cc(Br)c(OC)cc12. The van der Waals surface area contributed by atoms with E-state index in [9.17, 15) is 4.79 Å². The van der Waals surface area contributed by atoms with Gasteiger partial charge in [-0.2, -0.15) is 0 Å². The van der Waals surface area contributed by atoms with Gasteiger partial charge in [-0.25, -0.2) is 4.79 Å². The fourth-order valence-electron chi connectivity index (χ4n) is 3.72. The van der Waals surface area contributed by atoms with Gasteiger partial charge in [0.1, 0.15) is 5.75 Å². The summed E-state index contributed by atoms with van der Waals surface area (Å²) in [5.74, 6) is 0.961. The number of rotatable bonds is 7.